The molecule has 162 valence electrons. The van der Waals surface area contributed by atoms with Crippen molar-refractivity contribution in [2.24, 2.45) is 0 Å². The molecule has 1 amide bonds. The number of carbonyl (C=O) groups is 1. The molecule has 0 saturated carbocycles. The zero-order valence-electron chi connectivity index (χ0n) is 17.6. The molecule has 0 atom stereocenters. The van der Waals surface area contributed by atoms with E-state index in [0.29, 0.717) is 12.2 Å². The summed E-state index contributed by atoms with van der Waals surface area (Å²) in [5.74, 6) is -0.191. The van der Waals surface area contributed by atoms with Crippen molar-refractivity contribution in [3.8, 4) is 0 Å². The number of aryl methyl sites for hydroxylation is 1. The van der Waals surface area contributed by atoms with E-state index in [-0.39, 0.29) is 10.8 Å². The second-order valence-corrected chi connectivity index (χ2v) is 9.54. The normalized spacial score (nSPS) is 14.9. The van der Waals surface area contributed by atoms with Crippen LogP contribution in [0.5, 0.6) is 0 Å². The first-order chi connectivity index (χ1) is 14.4. The Morgan fingerprint density at radius 2 is 1.57 bits per heavy atom. The van der Waals surface area contributed by atoms with Crippen molar-refractivity contribution >= 4 is 27.3 Å². The average Bonchev–Trinajstić information content (AvgIpc) is 3.01. The number of rotatable bonds is 8. The predicted octanol–water partition coefficient (Wildman–Crippen LogP) is 3.94. The molecular formula is C23H31N3O3S. The van der Waals surface area contributed by atoms with Crippen LogP contribution in [0.15, 0.2) is 53.4 Å². The standard InChI is InChI=1S/C23H31N3O3S/c1-19(27)25-21-10-14-23(15-11-21)30(28,29)24-16-6-7-20-8-12-22(13-9-20)26-17-4-2-3-5-18-26/h8-15,24H,2-7,16-18H2,1H3,(H,25,27). The first-order valence-corrected chi connectivity index (χ1v) is 12.1. The molecule has 1 fully saturated rings. The third kappa shape index (κ3) is 6.57. The van der Waals surface area contributed by atoms with E-state index in [2.05, 4.69) is 39.2 Å². The van der Waals surface area contributed by atoms with Crippen molar-refractivity contribution in [2.75, 3.05) is 29.9 Å². The SMILES string of the molecule is CC(=O)Nc1ccc(S(=O)(=O)NCCCc2ccc(N3CCCCCC3)cc2)cc1. The number of hydrogen-bond donors (Lipinski definition) is 2. The Morgan fingerprint density at radius 1 is 0.933 bits per heavy atom. The molecule has 1 saturated heterocycles. The molecule has 30 heavy (non-hydrogen) atoms. The third-order valence-corrected chi connectivity index (χ3v) is 6.80. The Bertz CT molecular complexity index is 917. The maximum Gasteiger partial charge on any atom is 0.240 e. The van der Waals surface area contributed by atoms with Crippen molar-refractivity contribution in [3.05, 3.63) is 54.1 Å². The van der Waals surface area contributed by atoms with E-state index >= 15 is 0 Å². The van der Waals surface area contributed by atoms with Crippen LogP contribution in [0.25, 0.3) is 0 Å². The van der Waals surface area contributed by atoms with Gasteiger partial charge in [0, 0.05) is 37.9 Å². The molecule has 1 aliphatic rings. The number of anilines is 2. The van der Waals surface area contributed by atoms with E-state index in [4.69, 9.17) is 0 Å². The van der Waals surface area contributed by atoms with Crippen LogP contribution in [-0.4, -0.2) is 34.0 Å². The average molecular weight is 430 g/mol. The Kier molecular flexibility index (Phi) is 7.87. The highest BCUT2D eigenvalue weighted by Crippen LogP contribution is 2.20. The van der Waals surface area contributed by atoms with Crippen LogP contribution in [0.3, 0.4) is 0 Å². The fourth-order valence-electron chi connectivity index (χ4n) is 3.71. The second kappa shape index (κ2) is 10.6. The van der Waals surface area contributed by atoms with Crippen LogP contribution in [0.1, 0.15) is 44.6 Å². The van der Waals surface area contributed by atoms with Crippen molar-refractivity contribution in [1.82, 2.24) is 4.72 Å². The zero-order chi connectivity index (χ0) is 21.4. The Labute approximate surface area is 179 Å². The summed E-state index contributed by atoms with van der Waals surface area (Å²) in [4.78, 5) is 13.7. The van der Waals surface area contributed by atoms with E-state index in [0.717, 1.165) is 25.9 Å². The van der Waals surface area contributed by atoms with Gasteiger partial charge in [0.15, 0.2) is 0 Å². The largest absolute Gasteiger partial charge is 0.372 e. The molecule has 7 heteroatoms. The topological polar surface area (TPSA) is 78.5 Å². The van der Waals surface area contributed by atoms with Gasteiger partial charge in [0.25, 0.3) is 0 Å². The van der Waals surface area contributed by atoms with E-state index < -0.39 is 10.0 Å². The molecule has 0 bridgehead atoms. The van der Waals surface area contributed by atoms with Gasteiger partial charge in [-0.2, -0.15) is 0 Å². The maximum atomic E-state index is 12.4. The highest BCUT2D eigenvalue weighted by Gasteiger charge is 2.13. The summed E-state index contributed by atoms with van der Waals surface area (Å²) < 4.78 is 27.5. The number of sulfonamides is 1. The molecule has 2 aromatic rings. The summed E-state index contributed by atoms with van der Waals surface area (Å²) in [6.07, 6.45) is 6.72. The van der Waals surface area contributed by atoms with Gasteiger partial charge in [-0.15, -0.1) is 0 Å². The van der Waals surface area contributed by atoms with Gasteiger partial charge in [-0.05, 0) is 67.6 Å². The zero-order valence-corrected chi connectivity index (χ0v) is 18.4. The molecule has 2 aromatic carbocycles. The number of carbonyl (C=O) groups excluding carboxylic acids is 1. The van der Waals surface area contributed by atoms with Crippen LogP contribution >= 0.6 is 0 Å². The maximum absolute atomic E-state index is 12.4. The minimum absolute atomic E-state index is 0.191. The van der Waals surface area contributed by atoms with Gasteiger partial charge in [0.1, 0.15) is 0 Å². The second-order valence-electron chi connectivity index (χ2n) is 7.77. The summed E-state index contributed by atoms with van der Waals surface area (Å²) in [7, 11) is -3.55. The van der Waals surface area contributed by atoms with E-state index in [1.54, 1.807) is 12.1 Å². The van der Waals surface area contributed by atoms with Crippen LogP contribution in [-0.2, 0) is 21.2 Å². The highest BCUT2D eigenvalue weighted by molar-refractivity contribution is 7.89. The molecule has 2 N–H and O–H groups in total. The lowest BCUT2D eigenvalue weighted by molar-refractivity contribution is -0.114. The predicted molar refractivity (Wildman–Crippen MR) is 121 cm³/mol. The summed E-state index contributed by atoms with van der Waals surface area (Å²) in [5, 5.41) is 2.62. The molecular weight excluding hydrogens is 398 g/mol. The van der Waals surface area contributed by atoms with Crippen molar-refractivity contribution < 1.29 is 13.2 Å². The summed E-state index contributed by atoms with van der Waals surface area (Å²) in [6.45, 7) is 4.05. The molecule has 6 nitrogen and oxygen atoms in total. The summed E-state index contributed by atoms with van der Waals surface area (Å²) in [5.41, 5.74) is 3.07. The highest BCUT2D eigenvalue weighted by atomic mass is 32.2. The van der Waals surface area contributed by atoms with E-state index in [1.165, 1.54) is 56.0 Å². The van der Waals surface area contributed by atoms with Crippen LogP contribution < -0.4 is 14.9 Å². The molecule has 3 rings (SSSR count). The third-order valence-electron chi connectivity index (χ3n) is 5.33. The Morgan fingerprint density at radius 3 is 2.17 bits per heavy atom. The van der Waals surface area contributed by atoms with Crippen LogP contribution in [0.4, 0.5) is 11.4 Å². The van der Waals surface area contributed by atoms with Gasteiger partial charge >= 0.3 is 0 Å². The summed E-state index contributed by atoms with van der Waals surface area (Å²) in [6, 6.07) is 14.8. The van der Waals surface area contributed by atoms with Gasteiger partial charge in [-0.25, -0.2) is 13.1 Å². The molecule has 1 aliphatic heterocycles. The fourth-order valence-corrected chi connectivity index (χ4v) is 4.78. The van der Waals surface area contributed by atoms with Gasteiger partial charge < -0.3 is 10.2 Å². The van der Waals surface area contributed by atoms with Crippen molar-refractivity contribution in [1.29, 1.82) is 0 Å². The smallest absolute Gasteiger partial charge is 0.240 e. The number of hydrogen-bond acceptors (Lipinski definition) is 4. The molecule has 0 radical (unpaired) electrons. The summed E-state index contributed by atoms with van der Waals surface area (Å²) >= 11 is 0. The van der Waals surface area contributed by atoms with E-state index in [1.807, 2.05) is 0 Å². The van der Waals surface area contributed by atoms with E-state index in [9.17, 15) is 13.2 Å². The van der Waals surface area contributed by atoms with Crippen LogP contribution in [0, 0.1) is 0 Å². The number of nitrogens with one attached hydrogen (secondary N) is 2. The van der Waals surface area contributed by atoms with Gasteiger partial charge in [-0.1, -0.05) is 25.0 Å². The Balaban J connectivity index is 1.46. The molecule has 0 aromatic heterocycles. The van der Waals surface area contributed by atoms with Crippen molar-refractivity contribution in [3.63, 3.8) is 0 Å². The molecule has 0 spiro atoms. The minimum atomic E-state index is -3.55. The lowest BCUT2D eigenvalue weighted by Gasteiger charge is -2.22. The molecule has 0 aliphatic carbocycles. The van der Waals surface area contributed by atoms with Crippen LogP contribution in [0.2, 0.25) is 0 Å². The fraction of sp³-hybridized carbons (Fsp3) is 0.435. The number of benzene rings is 2. The Hall–Kier alpha value is -2.38. The molecule has 1 heterocycles. The molecule has 0 unspecified atom stereocenters. The quantitative estimate of drug-likeness (QED) is 0.623. The number of amides is 1. The van der Waals surface area contributed by atoms with Crippen molar-refractivity contribution in [2.45, 2.75) is 50.3 Å². The monoisotopic (exact) mass is 429 g/mol. The first kappa shape index (κ1) is 22.3. The minimum Gasteiger partial charge on any atom is -0.372 e. The van der Waals surface area contributed by atoms with Gasteiger partial charge in [0.05, 0.1) is 4.90 Å². The number of nitrogens with zero attached hydrogens (tertiary/aromatic N) is 1. The van der Waals surface area contributed by atoms with Gasteiger partial charge in [-0.3, -0.25) is 4.79 Å². The lowest BCUT2D eigenvalue weighted by atomic mass is 10.1. The lowest BCUT2D eigenvalue weighted by Crippen LogP contribution is -2.25. The van der Waals surface area contributed by atoms with Gasteiger partial charge in [0.2, 0.25) is 15.9 Å². The first-order valence-electron chi connectivity index (χ1n) is 10.7.